The van der Waals surface area contributed by atoms with E-state index >= 15 is 0 Å². The zero-order valence-electron chi connectivity index (χ0n) is 11.0. The molecule has 0 aromatic heterocycles. The number of carbonyl (C=O) groups is 1. The van der Waals surface area contributed by atoms with Crippen molar-refractivity contribution in [3.8, 4) is 0 Å². The molecule has 0 saturated carbocycles. The Morgan fingerprint density at radius 3 is 2.82 bits per heavy atom. The summed E-state index contributed by atoms with van der Waals surface area (Å²) < 4.78 is 5.38. The molecule has 1 amide bonds. The molecule has 0 radical (unpaired) electrons. The Hall–Kier alpha value is -0.810. The third kappa shape index (κ3) is 4.91. The molecule has 5 heteroatoms. The van der Waals surface area contributed by atoms with Gasteiger partial charge in [-0.1, -0.05) is 0 Å². The van der Waals surface area contributed by atoms with E-state index in [2.05, 4.69) is 5.32 Å². The highest BCUT2D eigenvalue weighted by molar-refractivity contribution is 5.68. The van der Waals surface area contributed by atoms with E-state index in [0.29, 0.717) is 13.0 Å². The molecule has 2 N–H and O–H groups in total. The molecule has 1 heterocycles. The number of rotatable bonds is 3. The molecule has 100 valence electrons. The summed E-state index contributed by atoms with van der Waals surface area (Å²) in [5.74, 6) is 0. The Kier molecular flexibility index (Phi) is 5.21. The normalized spacial score (nSPS) is 21.4. The minimum atomic E-state index is -0.455. The molecule has 0 aliphatic carbocycles. The van der Waals surface area contributed by atoms with Gasteiger partial charge in [0, 0.05) is 32.3 Å². The van der Waals surface area contributed by atoms with E-state index in [0.717, 1.165) is 19.5 Å². The lowest BCUT2D eigenvalue weighted by molar-refractivity contribution is 0.0105. The van der Waals surface area contributed by atoms with Crippen molar-refractivity contribution >= 4 is 6.09 Å². The van der Waals surface area contributed by atoms with E-state index in [-0.39, 0.29) is 18.7 Å². The van der Waals surface area contributed by atoms with Crippen LogP contribution in [-0.4, -0.2) is 54.0 Å². The Balaban J connectivity index is 2.54. The van der Waals surface area contributed by atoms with Crippen molar-refractivity contribution in [1.29, 1.82) is 0 Å². The van der Waals surface area contributed by atoms with Crippen LogP contribution >= 0.6 is 0 Å². The van der Waals surface area contributed by atoms with Gasteiger partial charge in [0.25, 0.3) is 0 Å². The first-order valence-corrected chi connectivity index (χ1v) is 6.25. The van der Waals surface area contributed by atoms with Crippen LogP contribution in [-0.2, 0) is 4.74 Å². The Morgan fingerprint density at radius 2 is 2.24 bits per heavy atom. The standard InChI is InChI=1S/C12H24N2O3/c1-12(2,3)17-11(16)14-7-6-13-9-10(14)5-4-8-15/h10,13,15H,4-9H2,1-3H3/t10-/m0/s1. The van der Waals surface area contributed by atoms with Gasteiger partial charge in [0.05, 0.1) is 0 Å². The highest BCUT2D eigenvalue weighted by Gasteiger charge is 2.29. The summed E-state index contributed by atoms with van der Waals surface area (Å²) in [5.41, 5.74) is -0.455. The molecule has 0 aromatic carbocycles. The predicted molar refractivity (Wildman–Crippen MR) is 65.9 cm³/mol. The molecule has 1 atom stereocenters. The summed E-state index contributed by atoms with van der Waals surface area (Å²) >= 11 is 0. The smallest absolute Gasteiger partial charge is 0.410 e. The van der Waals surface area contributed by atoms with Crippen LogP contribution in [0.5, 0.6) is 0 Å². The van der Waals surface area contributed by atoms with Gasteiger partial charge < -0.3 is 20.1 Å². The summed E-state index contributed by atoms with van der Waals surface area (Å²) in [6.07, 6.45) is 1.27. The number of aliphatic hydroxyl groups is 1. The monoisotopic (exact) mass is 244 g/mol. The number of carbonyl (C=O) groups excluding carboxylic acids is 1. The van der Waals surface area contributed by atoms with Gasteiger partial charge in [-0.25, -0.2) is 4.79 Å². The van der Waals surface area contributed by atoms with Gasteiger partial charge in [0.2, 0.25) is 0 Å². The Labute approximate surface area is 103 Å². The molecule has 1 aliphatic heterocycles. The molecule has 5 nitrogen and oxygen atoms in total. The largest absolute Gasteiger partial charge is 0.444 e. The second-order valence-electron chi connectivity index (χ2n) is 5.40. The van der Waals surface area contributed by atoms with E-state index in [9.17, 15) is 4.79 Å². The van der Waals surface area contributed by atoms with Gasteiger partial charge in [-0.05, 0) is 33.6 Å². The lowest BCUT2D eigenvalue weighted by Gasteiger charge is -2.37. The molecule has 0 bridgehead atoms. The number of amides is 1. The maximum atomic E-state index is 12.0. The average Bonchev–Trinajstić information content (AvgIpc) is 2.24. The molecular formula is C12H24N2O3. The first-order valence-electron chi connectivity index (χ1n) is 6.25. The molecule has 0 unspecified atom stereocenters. The van der Waals surface area contributed by atoms with Gasteiger partial charge in [-0.2, -0.15) is 0 Å². The fourth-order valence-electron chi connectivity index (χ4n) is 1.91. The van der Waals surface area contributed by atoms with E-state index < -0.39 is 5.60 Å². The molecule has 1 saturated heterocycles. The van der Waals surface area contributed by atoms with Crippen molar-refractivity contribution in [3.05, 3.63) is 0 Å². The van der Waals surface area contributed by atoms with Crippen LogP contribution in [0.25, 0.3) is 0 Å². The molecular weight excluding hydrogens is 220 g/mol. The van der Waals surface area contributed by atoms with Crippen molar-refractivity contribution in [1.82, 2.24) is 10.2 Å². The Morgan fingerprint density at radius 1 is 1.53 bits per heavy atom. The van der Waals surface area contributed by atoms with Gasteiger partial charge in [-0.15, -0.1) is 0 Å². The molecule has 1 rings (SSSR count). The highest BCUT2D eigenvalue weighted by Crippen LogP contribution is 2.15. The second-order valence-corrected chi connectivity index (χ2v) is 5.40. The average molecular weight is 244 g/mol. The van der Waals surface area contributed by atoms with Crippen LogP contribution in [0.1, 0.15) is 33.6 Å². The lowest BCUT2D eigenvalue weighted by Crippen LogP contribution is -2.54. The lowest BCUT2D eigenvalue weighted by atomic mass is 10.1. The first-order chi connectivity index (χ1) is 7.94. The minimum Gasteiger partial charge on any atom is -0.444 e. The summed E-state index contributed by atoms with van der Waals surface area (Å²) in [5, 5.41) is 12.1. The molecule has 1 fully saturated rings. The maximum Gasteiger partial charge on any atom is 0.410 e. The molecule has 1 aliphatic rings. The summed E-state index contributed by atoms with van der Waals surface area (Å²) in [6.45, 7) is 8.03. The van der Waals surface area contributed by atoms with Crippen molar-refractivity contribution in [3.63, 3.8) is 0 Å². The zero-order valence-corrected chi connectivity index (χ0v) is 11.0. The fraction of sp³-hybridized carbons (Fsp3) is 0.917. The van der Waals surface area contributed by atoms with Crippen LogP contribution in [0.4, 0.5) is 4.79 Å². The molecule has 0 spiro atoms. The molecule has 0 aromatic rings. The SMILES string of the molecule is CC(C)(C)OC(=O)N1CCNC[C@@H]1CCCO. The van der Waals surface area contributed by atoms with Gasteiger partial charge in [0.1, 0.15) is 5.60 Å². The number of aliphatic hydroxyl groups excluding tert-OH is 1. The number of nitrogens with zero attached hydrogens (tertiary/aromatic N) is 1. The van der Waals surface area contributed by atoms with E-state index in [4.69, 9.17) is 9.84 Å². The van der Waals surface area contributed by atoms with Crippen molar-refractivity contribution in [2.45, 2.75) is 45.3 Å². The summed E-state index contributed by atoms with van der Waals surface area (Å²) in [6, 6.07) is 0.130. The number of nitrogens with one attached hydrogen (secondary N) is 1. The quantitative estimate of drug-likeness (QED) is 0.776. The van der Waals surface area contributed by atoms with Gasteiger partial charge >= 0.3 is 6.09 Å². The van der Waals surface area contributed by atoms with E-state index in [1.165, 1.54) is 0 Å². The zero-order chi connectivity index (χ0) is 12.9. The topological polar surface area (TPSA) is 61.8 Å². The second kappa shape index (κ2) is 6.21. The summed E-state index contributed by atoms with van der Waals surface area (Å²) in [7, 11) is 0. The third-order valence-electron chi connectivity index (χ3n) is 2.67. The van der Waals surface area contributed by atoms with Gasteiger partial charge in [0.15, 0.2) is 0 Å². The van der Waals surface area contributed by atoms with E-state index in [1.807, 2.05) is 20.8 Å². The number of ether oxygens (including phenoxy) is 1. The van der Waals surface area contributed by atoms with E-state index in [1.54, 1.807) is 4.90 Å². The van der Waals surface area contributed by atoms with Crippen molar-refractivity contribution in [2.24, 2.45) is 0 Å². The van der Waals surface area contributed by atoms with Crippen LogP contribution in [0.3, 0.4) is 0 Å². The number of hydrogen-bond acceptors (Lipinski definition) is 4. The maximum absolute atomic E-state index is 12.0. The minimum absolute atomic E-state index is 0.130. The predicted octanol–water partition coefficient (Wildman–Crippen LogP) is 0.968. The van der Waals surface area contributed by atoms with Crippen molar-refractivity contribution in [2.75, 3.05) is 26.2 Å². The number of hydrogen-bond donors (Lipinski definition) is 2. The highest BCUT2D eigenvalue weighted by atomic mass is 16.6. The van der Waals surface area contributed by atoms with Crippen LogP contribution in [0.15, 0.2) is 0 Å². The molecule has 17 heavy (non-hydrogen) atoms. The van der Waals surface area contributed by atoms with Crippen LogP contribution in [0, 0.1) is 0 Å². The van der Waals surface area contributed by atoms with Crippen LogP contribution in [0.2, 0.25) is 0 Å². The van der Waals surface area contributed by atoms with Crippen LogP contribution < -0.4 is 5.32 Å². The van der Waals surface area contributed by atoms with Gasteiger partial charge in [-0.3, -0.25) is 0 Å². The number of piperazine rings is 1. The third-order valence-corrected chi connectivity index (χ3v) is 2.67. The first kappa shape index (κ1) is 14.3. The Bertz CT molecular complexity index is 251. The fourth-order valence-corrected chi connectivity index (χ4v) is 1.91. The van der Waals surface area contributed by atoms with Crippen molar-refractivity contribution < 1.29 is 14.6 Å². The summed E-state index contributed by atoms with van der Waals surface area (Å²) in [4.78, 5) is 13.8.